The molecule has 0 spiro atoms. The van der Waals surface area contributed by atoms with Crippen molar-refractivity contribution in [2.75, 3.05) is 6.61 Å². The van der Waals surface area contributed by atoms with Gasteiger partial charge >= 0.3 is 5.97 Å². The molecule has 5 nitrogen and oxygen atoms in total. The fourth-order valence-electron chi connectivity index (χ4n) is 1.66. The summed E-state index contributed by atoms with van der Waals surface area (Å²) < 4.78 is 5.48. The summed E-state index contributed by atoms with van der Waals surface area (Å²) in [6.07, 6.45) is 2.01. The quantitative estimate of drug-likeness (QED) is 0.450. The predicted molar refractivity (Wildman–Crippen MR) is 75.2 cm³/mol. The van der Waals surface area contributed by atoms with E-state index < -0.39 is 10.9 Å². The normalized spacial score (nSPS) is 11.9. The molecule has 0 aliphatic heterocycles. The Labute approximate surface area is 120 Å². The van der Waals surface area contributed by atoms with Crippen molar-refractivity contribution in [2.45, 2.75) is 26.7 Å². The molecule has 19 heavy (non-hydrogen) atoms. The number of rotatable bonds is 6. The van der Waals surface area contributed by atoms with Gasteiger partial charge in [0.05, 0.1) is 21.6 Å². The van der Waals surface area contributed by atoms with E-state index in [1.54, 1.807) is 0 Å². The van der Waals surface area contributed by atoms with Crippen LogP contribution in [0.2, 0.25) is 0 Å². The second kappa shape index (κ2) is 7.23. The molecule has 1 aromatic rings. The second-order valence-corrected chi connectivity index (χ2v) is 5.27. The first kappa shape index (κ1) is 15.6. The third-order valence-electron chi connectivity index (χ3n) is 2.66. The molecule has 1 aromatic carbocycles. The summed E-state index contributed by atoms with van der Waals surface area (Å²) in [7, 11) is 0. The maximum Gasteiger partial charge on any atom is 0.338 e. The first-order valence-corrected chi connectivity index (χ1v) is 6.86. The molecule has 1 unspecified atom stereocenters. The van der Waals surface area contributed by atoms with Crippen LogP contribution in [0.5, 0.6) is 0 Å². The van der Waals surface area contributed by atoms with Gasteiger partial charge in [0.25, 0.3) is 5.69 Å². The van der Waals surface area contributed by atoms with Gasteiger partial charge in [-0.2, -0.15) is 0 Å². The number of nitro benzene ring substituents is 1. The second-order valence-electron chi connectivity index (χ2n) is 4.42. The lowest BCUT2D eigenvalue weighted by Crippen LogP contribution is -2.12. The van der Waals surface area contributed by atoms with Crippen LogP contribution in [0, 0.1) is 16.0 Å². The van der Waals surface area contributed by atoms with Crippen LogP contribution in [0.4, 0.5) is 5.69 Å². The van der Waals surface area contributed by atoms with E-state index in [-0.39, 0.29) is 11.3 Å². The summed E-state index contributed by atoms with van der Waals surface area (Å²) in [6, 6.07) is 4.20. The Morgan fingerprint density at radius 3 is 2.79 bits per heavy atom. The highest BCUT2D eigenvalue weighted by molar-refractivity contribution is 9.10. The molecule has 0 aliphatic carbocycles. The van der Waals surface area contributed by atoms with Crippen molar-refractivity contribution in [1.29, 1.82) is 0 Å². The molecule has 0 saturated heterocycles. The molecule has 6 heteroatoms. The average Bonchev–Trinajstić information content (AvgIpc) is 2.36. The van der Waals surface area contributed by atoms with Crippen LogP contribution in [0.15, 0.2) is 22.7 Å². The molecule has 0 bridgehead atoms. The van der Waals surface area contributed by atoms with Crippen LogP contribution in [-0.4, -0.2) is 17.5 Å². The molecule has 0 fully saturated rings. The van der Waals surface area contributed by atoms with Gasteiger partial charge in [0.1, 0.15) is 0 Å². The molecular formula is C13H16BrNO4. The highest BCUT2D eigenvalue weighted by Gasteiger charge is 2.17. The fourth-order valence-corrected chi connectivity index (χ4v) is 2.05. The van der Waals surface area contributed by atoms with E-state index >= 15 is 0 Å². The zero-order valence-corrected chi connectivity index (χ0v) is 12.5. The maximum atomic E-state index is 11.8. The number of ether oxygens (including phenoxy) is 1. The summed E-state index contributed by atoms with van der Waals surface area (Å²) in [5.41, 5.74) is 0.0506. The van der Waals surface area contributed by atoms with Gasteiger partial charge in [-0.3, -0.25) is 10.1 Å². The molecule has 104 valence electrons. The van der Waals surface area contributed by atoms with Gasteiger partial charge in [0, 0.05) is 6.07 Å². The Morgan fingerprint density at radius 1 is 1.53 bits per heavy atom. The van der Waals surface area contributed by atoms with Crippen LogP contribution in [0.3, 0.4) is 0 Å². The van der Waals surface area contributed by atoms with Crippen LogP contribution in [0.25, 0.3) is 0 Å². The van der Waals surface area contributed by atoms with Crippen LogP contribution < -0.4 is 0 Å². The van der Waals surface area contributed by atoms with Crippen molar-refractivity contribution in [3.8, 4) is 0 Å². The summed E-state index contributed by atoms with van der Waals surface area (Å²) >= 11 is 3.07. The molecular weight excluding hydrogens is 314 g/mol. The summed E-state index contributed by atoms with van der Waals surface area (Å²) in [5.74, 6) is -0.238. The molecule has 0 radical (unpaired) electrons. The molecule has 0 N–H and O–H groups in total. The summed E-state index contributed by atoms with van der Waals surface area (Å²) in [6.45, 7) is 4.40. The van der Waals surface area contributed by atoms with Crippen molar-refractivity contribution in [1.82, 2.24) is 0 Å². The van der Waals surface area contributed by atoms with E-state index in [1.807, 2.05) is 6.92 Å². The Bertz CT molecular complexity index is 476. The van der Waals surface area contributed by atoms with Gasteiger partial charge in [0.15, 0.2) is 0 Å². The Balaban J connectivity index is 2.72. The molecule has 1 atom stereocenters. The molecule has 0 aromatic heterocycles. The monoisotopic (exact) mass is 329 g/mol. The lowest BCUT2D eigenvalue weighted by atomic mass is 10.1. The first-order valence-electron chi connectivity index (χ1n) is 6.06. The van der Waals surface area contributed by atoms with Crippen molar-refractivity contribution in [2.24, 2.45) is 5.92 Å². The molecule has 0 aliphatic rings. The van der Waals surface area contributed by atoms with E-state index in [9.17, 15) is 14.9 Å². The number of hydrogen-bond donors (Lipinski definition) is 0. The average molecular weight is 330 g/mol. The van der Waals surface area contributed by atoms with Crippen molar-refractivity contribution >= 4 is 27.6 Å². The minimum absolute atomic E-state index is 0.143. The van der Waals surface area contributed by atoms with Crippen LogP contribution in [-0.2, 0) is 4.74 Å². The van der Waals surface area contributed by atoms with Crippen LogP contribution in [0.1, 0.15) is 37.0 Å². The summed E-state index contributed by atoms with van der Waals surface area (Å²) in [5, 5.41) is 10.8. The zero-order valence-electron chi connectivity index (χ0n) is 10.9. The number of carbonyl (C=O) groups is 1. The van der Waals surface area contributed by atoms with Crippen LogP contribution >= 0.6 is 15.9 Å². The standard InChI is InChI=1S/C13H16BrNO4/c1-3-4-9(2)8-19-13(16)10-5-6-11(14)12(7-10)15(17)18/h5-7,9H,3-4,8H2,1-2H3. The van der Waals surface area contributed by atoms with Crippen molar-refractivity contribution in [3.63, 3.8) is 0 Å². The van der Waals surface area contributed by atoms with Gasteiger partial charge in [0.2, 0.25) is 0 Å². The Kier molecular flexibility index (Phi) is 5.95. The SMILES string of the molecule is CCCC(C)COC(=O)c1ccc(Br)c([N+](=O)[O-])c1. The third-order valence-corrected chi connectivity index (χ3v) is 3.33. The number of esters is 1. The van der Waals surface area contributed by atoms with E-state index in [0.717, 1.165) is 12.8 Å². The predicted octanol–water partition coefficient (Wildman–Crippen LogP) is 3.95. The smallest absolute Gasteiger partial charge is 0.338 e. The number of nitrogens with zero attached hydrogens (tertiary/aromatic N) is 1. The van der Waals surface area contributed by atoms with Gasteiger partial charge in [-0.05, 0) is 40.4 Å². The fraction of sp³-hybridized carbons (Fsp3) is 0.462. The lowest BCUT2D eigenvalue weighted by molar-refractivity contribution is -0.385. The zero-order chi connectivity index (χ0) is 14.4. The van der Waals surface area contributed by atoms with Gasteiger partial charge in [-0.25, -0.2) is 4.79 Å². The Morgan fingerprint density at radius 2 is 2.21 bits per heavy atom. The first-order chi connectivity index (χ1) is 8.95. The molecule has 0 saturated carbocycles. The molecule has 1 rings (SSSR count). The van der Waals surface area contributed by atoms with Gasteiger partial charge < -0.3 is 4.74 Å². The van der Waals surface area contributed by atoms with Crippen molar-refractivity contribution < 1.29 is 14.5 Å². The van der Waals surface area contributed by atoms with Gasteiger partial charge in [-0.1, -0.05) is 20.3 Å². The third kappa shape index (κ3) is 4.63. The molecule has 0 heterocycles. The lowest BCUT2D eigenvalue weighted by Gasteiger charge is -2.10. The largest absolute Gasteiger partial charge is 0.462 e. The van der Waals surface area contributed by atoms with Gasteiger partial charge in [-0.15, -0.1) is 0 Å². The van der Waals surface area contributed by atoms with E-state index in [0.29, 0.717) is 17.0 Å². The van der Waals surface area contributed by atoms with Crippen molar-refractivity contribution in [3.05, 3.63) is 38.3 Å². The Hall–Kier alpha value is -1.43. The number of carbonyl (C=O) groups excluding carboxylic acids is 1. The number of benzene rings is 1. The molecule has 0 amide bonds. The highest BCUT2D eigenvalue weighted by Crippen LogP contribution is 2.26. The topological polar surface area (TPSA) is 69.4 Å². The number of hydrogen-bond acceptors (Lipinski definition) is 4. The summed E-state index contributed by atoms with van der Waals surface area (Å²) in [4.78, 5) is 22.0. The number of halogens is 1. The maximum absolute atomic E-state index is 11.8. The minimum atomic E-state index is -0.541. The van der Waals surface area contributed by atoms with E-state index in [4.69, 9.17) is 4.74 Å². The number of nitro groups is 1. The minimum Gasteiger partial charge on any atom is -0.462 e. The highest BCUT2D eigenvalue weighted by atomic mass is 79.9. The van der Waals surface area contributed by atoms with E-state index in [2.05, 4.69) is 22.9 Å². The van der Waals surface area contributed by atoms with E-state index in [1.165, 1.54) is 18.2 Å².